The van der Waals surface area contributed by atoms with Gasteiger partial charge in [0.05, 0.1) is 12.7 Å². The molecule has 0 bridgehead atoms. The average Bonchev–Trinajstić information content (AvgIpc) is 2.84. The molecule has 0 aliphatic carbocycles. The van der Waals surface area contributed by atoms with E-state index in [1.807, 2.05) is 13.1 Å². The third-order valence-electron chi connectivity index (χ3n) is 2.68. The van der Waals surface area contributed by atoms with Gasteiger partial charge in [-0.1, -0.05) is 0 Å². The van der Waals surface area contributed by atoms with E-state index >= 15 is 0 Å². The Morgan fingerprint density at radius 3 is 2.80 bits per heavy atom. The molecule has 1 amide bonds. The van der Waals surface area contributed by atoms with E-state index in [2.05, 4.69) is 10.4 Å². The molecule has 0 aliphatic rings. The van der Waals surface area contributed by atoms with Crippen molar-refractivity contribution in [2.75, 3.05) is 18.9 Å². The van der Waals surface area contributed by atoms with Gasteiger partial charge in [0, 0.05) is 18.4 Å². The van der Waals surface area contributed by atoms with E-state index in [-0.39, 0.29) is 12.5 Å². The van der Waals surface area contributed by atoms with Gasteiger partial charge >= 0.3 is 0 Å². The highest BCUT2D eigenvalue weighted by Gasteiger charge is 2.02. The van der Waals surface area contributed by atoms with E-state index in [4.69, 9.17) is 10.5 Å². The summed E-state index contributed by atoms with van der Waals surface area (Å²) in [7, 11) is 0. The lowest BCUT2D eigenvalue weighted by Gasteiger charge is -2.07. The highest BCUT2D eigenvalue weighted by Crippen LogP contribution is 2.12. The van der Waals surface area contributed by atoms with Crippen molar-refractivity contribution in [3.05, 3.63) is 42.2 Å². The third kappa shape index (κ3) is 4.31. The molecule has 0 radical (unpaired) electrons. The first-order chi connectivity index (χ1) is 9.63. The number of anilines is 1. The van der Waals surface area contributed by atoms with Gasteiger partial charge in [0.15, 0.2) is 6.61 Å². The van der Waals surface area contributed by atoms with Crippen molar-refractivity contribution in [3.63, 3.8) is 0 Å². The number of hydrogen-bond donors (Lipinski definition) is 2. The zero-order valence-corrected chi connectivity index (χ0v) is 11.4. The van der Waals surface area contributed by atoms with Gasteiger partial charge in [-0.2, -0.15) is 5.10 Å². The predicted octanol–water partition coefficient (Wildman–Crippen LogP) is 0.969. The number of nitrogen functional groups attached to an aromatic ring is 1. The van der Waals surface area contributed by atoms with Crippen LogP contribution < -0.4 is 15.8 Å². The van der Waals surface area contributed by atoms with Crippen molar-refractivity contribution in [2.24, 2.45) is 0 Å². The number of nitrogens with two attached hydrogens (primary N) is 1. The molecule has 0 saturated carbocycles. The van der Waals surface area contributed by atoms with Crippen LogP contribution in [0.1, 0.15) is 5.56 Å². The molecule has 1 heterocycles. The molecular formula is C14H18N4O2. The summed E-state index contributed by atoms with van der Waals surface area (Å²) in [6.07, 6.45) is 3.71. The summed E-state index contributed by atoms with van der Waals surface area (Å²) in [5.74, 6) is 0.461. The van der Waals surface area contributed by atoms with Crippen molar-refractivity contribution in [1.82, 2.24) is 15.1 Å². The second kappa shape index (κ2) is 6.60. The van der Waals surface area contributed by atoms with Crippen molar-refractivity contribution >= 4 is 11.6 Å². The molecule has 3 N–H and O–H groups in total. The number of benzene rings is 1. The van der Waals surface area contributed by atoms with E-state index in [1.165, 1.54) is 0 Å². The summed E-state index contributed by atoms with van der Waals surface area (Å²) in [5.41, 5.74) is 7.33. The fraction of sp³-hybridized carbons (Fsp3) is 0.286. The Morgan fingerprint density at radius 2 is 2.15 bits per heavy atom. The third-order valence-corrected chi connectivity index (χ3v) is 2.68. The molecule has 6 nitrogen and oxygen atoms in total. The van der Waals surface area contributed by atoms with Crippen LogP contribution in [0.25, 0.3) is 0 Å². The van der Waals surface area contributed by atoms with E-state index in [0.29, 0.717) is 24.5 Å². The first-order valence-electron chi connectivity index (χ1n) is 6.37. The Bertz CT molecular complexity index is 563. The van der Waals surface area contributed by atoms with Crippen molar-refractivity contribution in [1.29, 1.82) is 0 Å². The number of amides is 1. The van der Waals surface area contributed by atoms with E-state index in [0.717, 1.165) is 5.56 Å². The number of carbonyl (C=O) groups is 1. The monoisotopic (exact) mass is 274 g/mol. The second-order valence-corrected chi connectivity index (χ2v) is 4.49. The van der Waals surface area contributed by atoms with Gasteiger partial charge in [-0.05, 0) is 36.8 Å². The minimum Gasteiger partial charge on any atom is -0.484 e. The summed E-state index contributed by atoms with van der Waals surface area (Å²) >= 11 is 0. The van der Waals surface area contributed by atoms with E-state index < -0.39 is 0 Å². The van der Waals surface area contributed by atoms with Crippen molar-refractivity contribution < 1.29 is 9.53 Å². The van der Waals surface area contributed by atoms with Crippen LogP contribution in [0.3, 0.4) is 0 Å². The number of aryl methyl sites for hydroxylation is 1. The maximum atomic E-state index is 11.6. The number of nitrogens with zero attached hydrogens (tertiary/aromatic N) is 2. The Morgan fingerprint density at radius 1 is 1.40 bits per heavy atom. The number of hydrogen-bond acceptors (Lipinski definition) is 4. The molecule has 1 aromatic heterocycles. The predicted molar refractivity (Wildman–Crippen MR) is 76.3 cm³/mol. The minimum absolute atomic E-state index is 0.0119. The van der Waals surface area contributed by atoms with Crippen molar-refractivity contribution in [3.8, 4) is 5.75 Å². The molecule has 2 aromatic rings. The molecule has 0 aliphatic heterocycles. The standard InChI is InChI=1S/C14H18N4O2/c1-11-8-17-18(9-11)7-6-16-14(19)10-20-13-4-2-12(15)3-5-13/h2-5,8-9H,6-7,10,15H2,1H3,(H,16,19). The number of nitrogens with one attached hydrogen (secondary N) is 1. The summed E-state index contributed by atoms with van der Waals surface area (Å²) in [6, 6.07) is 6.92. The molecule has 20 heavy (non-hydrogen) atoms. The lowest BCUT2D eigenvalue weighted by atomic mass is 10.3. The maximum Gasteiger partial charge on any atom is 0.258 e. The highest BCUT2D eigenvalue weighted by atomic mass is 16.5. The zero-order valence-electron chi connectivity index (χ0n) is 11.4. The summed E-state index contributed by atoms with van der Waals surface area (Å²) < 4.78 is 7.13. The smallest absolute Gasteiger partial charge is 0.258 e. The van der Waals surface area contributed by atoms with Crippen LogP contribution in [0.4, 0.5) is 5.69 Å². The fourth-order valence-electron chi connectivity index (χ4n) is 1.66. The first kappa shape index (κ1) is 13.9. The molecule has 0 unspecified atom stereocenters. The molecule has 0 atom stereocenters. The van der Waals surface area contributed by atoms with Crippen LogP contribution in [-0.2, 0) is 11.3 Å². The molecule has 1 aromatic carbocycles. The minimum atomic E-state index is -0.161. The van der Waals surface area contributed by atoms with Crippen molar-refractivity contribution in [2.45, 2.75) is 13.5 Å². The molecule has 106 valence electrons. The van der Waals surface area contributed by atoms with Crippen LogP contribution in [-0.4, -0.2) is 28.8 Å². The fourth-order valence-corrected chi connectivity index (χ4v) is 1.66. The summed E-state index contributed by atoms with van der Waals surface area (Å²) in [6.45, 7) is 3.12. The average molecular weight is 274 g/mol. The zero-order chi connectivity index (χ0) is 14.4. The van der Waals surface area contributed by atoms with Crippen LogP contribution in [0, 0.1) is 6.92 Å². The van der Waals surface area contributed by atoms with E-state index in [9.17, 15) is 4.79 Å². The second-order valence-electron chi connectivity index (χ2n) is 4.49. The van der Waals surface area contributed by atoms with Gasteiger partial charge in [-0.25, -0.2) is 0 Å². The van der Waals surface area contributed by atoms with Gasteiger partial charge in [0.2, 0.25) is 0 Å². The molecular weight excluding hydrogens is 256 g/mol. The Hall–Kier alpha value is -2.50. The molecule has 2 rings (SSSR count). The van der Waals surface area contributed by atoms with Crippen LogP contribution >= 0.6 is 0 Å². The molecule has 6 heteroatoms. The van der Waals surface area contributed by atoms with Gasteiger partial charge in [-0.15, -0.1) is 0 Å². The molecule has 0 saturated heterocycles. The van der Waals surface area contributed by atoms with Gasteiger partial charge in [0.1, 0.15) is 5.75 Å². The summed E-state index contributed by atoms with van der Waals surface area (Å²) in [4.78, 5) is 11.6. The largest absolute Gasteiger partial charge is 0.484 e. The number of rotatable bonds is 6. The van der Waals surface area contributed by atoms with Crippen LogP contribution in [0.5, 0.6) is 5.75 Å². The molecule has 0 spiro atoms. The maximum absolute atomic E-state index is 11.6. The van der Waals surface area contributed by atoms with Crippen LogP contribution in [0.15, 0.2) is 36.7 Å². The van der Waals surface area contributed by atoms with Gasteiger partial charge < -0.3 is 15.8 Å². The lowest BCUT2D eigenvalue weighted by molar-refractivity contribution is -0.123. The summed E-state index contributed by atoms with van der Waals surface area (Å²) in [5, 5.41) is 6.91. The lowest BCUT2D eigenvalue weighted by Crippen LogP contribution is -2.31. The normalized spacial score (nSPS) is 10.2. The Labute approximate surface area is 117 Å². The quantitative estimate of drug-likeness (QED) is 0.769. The van der Waals surface area contributed by atoms with Gasteiger partial charge in [-0.3, -0.25) is 9.48 Å². The number of aromatic nitrogens is 2. The first-order valence-corrected chi connectivity index (χ1v) is 6.37. The Kier molecular flexibility index (Phi) is 4.60. The van der Waals surface area contributed by atoms with Gasteiger partial charge in [0.25, 0.3) is 5.91 Å². The number of carbonyl (C=O) groups excluding carboxylic acids is 1. The van der Waals surface area contributed by atoms with Crippen LogP contribution in [0.2, 0.25) is 0 Å². The topological polar surface area (TPSA) is 82.2 Å². The SMILES string of the molecule is Cc1cnn(CCNC(=O)COc2ccc(N)cc2)c1. The van der Waals surface area contributed by atoms with E-state index in [1.54, 1.807) is 35.1 Å². The molecule has 0 fully saturated rings. The Balaban J connectivity index is 1.66. The highest BCUT2D eigenvalue weighted by molar-refractivity contribution is 5.77. The number of ether oxygens (including phenoxy) is 1.